The summed E-state index contributed by atoms with van der Waals surface area (Å²) < 4.78 is 5.87. The van der Waals surface area contributed by atoms with Crippen molar-refractivity contribution in [3.05, 3.63) is 64.2 Å². The number of hydrogen-bond acceptors (Lipinski definition) is 3. The molecule has 3 rings (SSSR count). The maximum absolute atomic E-state index is 10.6. The number of aliphatic imine (C=N–C) groups is 1. The van der Waals surface area contributed by atoms with Gasteiger partial charge in [-0.05, 0) is 49.4 Å². The maximum Gasteiger partial charge on any atom is 0.138 e. The average molecular weight is 344 g/mol. The van der Waals surface area contributed by atoms with E-state index >= 15 is 0 Å². The number of aliphatic hydroxyl groups excluding tert-OH is 1. The van der Waals surface area contributed by atoms with E-state index in [1.165, 1.54) is 0 Å². The van der Waals surface area contributed by atoms with Gasteiger partial charge in [0.05, 0.1) is 11.1 Å². The predicted octanol–water partition coefficient (Wildman–Crippen LogP) is 4.75. The molecule has 0 aromatic heterocycles. The van der Waals surface area contributed by atoms with Crippen molar-refractivity contribution >= 4 is 17.3 Å². The highest BCUT2D eigenvalue weighted by Gasteiger charge is 2.29. The number of rotatable bonds is 4. The summed E-state index contributed by atoms with van der Waals surface area (Å²) in [5.74, 6) is 0.667. The van der Waals surface area contributed by atoms with Crippen LogP contribution in [-0.2, 0) is 13.0 Å². The standard InChI is InChI=1S/C20H22ClNO2/c1-13(2)22-17-10-8-15-16(20(17)23)9-11-18(19(15)21)24-12-14-6-4-3-5-7-14/h3-7,9,11,17,20,23H,8,10,12H2,1-2H3. The molecule has 126 valence electrons. The van der Waals surface area contributed by atoms with Crippen molar-refractivity contribution in [3.63, 3.8) is 0 Å². The molecule has 0 fully saturated rings. The van der Waals surface area contributed by atoms with Crippen molar-refractivity contribution in [1.29, 1.82) is 0 Å². The van der Waals surface area contributed by atoms with Crippen LogP contribution in [0, 0.1) is 0 Å². The lowest BCUT2D eigenvalue weighted by atomic mass is 9.86. The highest BCUT2D eigenvalue weighted by atomic mass is 35.5. The lowest BCUT2D eigenvalue weighted by Gasteiger charge is -2.29. The molecular formula is C20H22ClNO2. The largest absolute Gasteiger partial charge is 0.487 e. The number of aliphatic hydroxyl groups is 1. The predicted molar refractivity (Wildman–Crippen MR) is 98.1 cm³/mol. The van der Waals surface area contributed by atoms with Crippen LogP contribution in [0.15, 0.2) is 47.5 Å². The third kappa shape index (κ3) is 3.63. The van der Waals surface area contributed by atoms with Crippen LogP contribution in [0.5, 0.6) is 5.75 Å². The van der Waals surface area contributed by atoms with Crippen molar-refractivity contribution in [2.45, 2.75) is 45.4 Å². The minimum Gasteiger partial charge on any atom is -0.487 e. The number of nitrogens with zero attached hydrogens (tertiary/aromatic N) is 1. The van der Waals surface area contributed by atoms with Crippen molar-refractivity contribution in [3.8, 4) is 5.75 Å². The molecule has 0 aliphatic heterocycles. The topological polar surface area (TPSA) is 41.8 Å². The first-order valence-corrected chi connectivity index (χ1v) is 8.61. The van der Waals surface area contributed by atoms with E-state index in [9.17, 15) is 5.11 Å². The van der Waals surface area contributed by atoms with E-state index in [1.807, 2.05) is 56.3 Å². The Morgan fingerprint density at radius 3 is 2.67 bits per heavy atom. The molecule has 0 heterocycles. The van der Waals surface area contributed by atoms with Gasteiger partial charge in [-0.1, -0.05) is 48.0 Å². The Labute approximate surface area is 148 Å². The Hall–Kier alpha value is -1.84. The molecule has 1 aliphatic carbocycles. The van der Waals surface area contributed by atoms with Gasteiger partial charge in [-0.2, -0.15) is 0 Å². The molecule has 4 heteroatoms. The zero-order valence-electron chi connectivity index (χ0n) is 14.0. The van der Waals surface area contributed by atoms with Crippen molar-refractivity contribution in [2.75, 3.05) is 0 Å². The van der Waals surface area contributed by atoms with Crippen LogP contribution < -0.4 is 4.74 Å². The molecule has 0 saturated heterocycles. The SMILES string of the molecule is CC(C)=NC1CCc2c(ccc(OCc3ccccc3)c2Cl)C1O. The Morgan fingerprint density at radius 2 is 1.96 bits per heavy atom. The molecule has 24 heavy (non-hydrogen) atoms. The molecule has 2 atom stereocenters. The van der Waals surface area contributed by atoms with E-state index in [0.717, 1.165) is 35.2 Å². The van der Waals surface area contributed by atoms with Gasteiger partial charge in [-0.15, -0.1) is 0 Å². The number of halogens is 1. The van der Waals surface area contributed by atoms with Crippen molar-refractivity contribution in [1.82, 2.24) is 0 Å². The molecule has 2 aromatic carbocycles. The van der Waals surface area contributed by atoms with Gasteiger partial charge in [0, 0.05) is 5.71 Å². The fraction of sp³-hybridized carbons (Fsp3) is 0.350. The average Bonchev–Trinajstić information content (AvgIpc) is 2.57. The lowest BCUT2D eigenvalue weighted by molar-refractivity contribution is 0.134. The summed E-state index contributed by atoms with van der Waals surface area (Å²) in [6.45, 7) is 4.38. The van der Waals surface area contributed by atoms with Crippen LogP contribution in [0.4, 0.5) is 0 Å². The normalized spacial score (nSPS) is 19.5. The van der Waals surface area contributed by atoms with Gasteiger partial charge in [-0.3, -0.25) is 4.99 Å². The second kappa shape index (κ2) is 7.37. The Morgan fingerprint density at radius 1 is 1.21 bits per heavy atom. The number of benzene rings is 2. The summed E-state index contributed by atoms with van der Waals surface area (Å²) in [4.78, 5) is 4.54. The second-order valence-corrected chi connectivity index (χ2v) is 6.72. The smallest absolute Gasteiger partial charge is 0.138 e. The van der Waals surface area contributed by atoms with Gasteiger partial charge in [0.2, 0.25) is 0 Å². The Balaban J connectivity index is 1.80. The lowest BCUT2D eigenvalue weighted by Crippen LogP contribution is -2.25. The monoisotopic (exact) mass is 343 g/mol. The zero-order chi connectivity index (χ0) is 17.1. The summed E-state index contributed by atoms with van der Waals surface area (Å²) in [6.07, 6.45) is 0.987. The third-order valence-corrected chi connectivity index (χ3v) is 4.69. The summed E-state index contributed by atoms with van der Waals surface area (Å²) in [7, 11) is 0. The molecule has 0 saturated carbocycles. The Kier molecular flexibility index (Phi) is 5.22. The van der Waals surface area contributed by atoms with Crippen LogP contribution in [0.25, 0.3) is 0 Å². The molecule has 0 bridgehead atoms. The Bertz CT molecular complexity index is 739. The van der Waals surface area contributed by atoms with E-state index in [1.54, 1.807) is 0 Å². The minimum atomic E-state index is -0.607. The van der Waals surface area contributed by atoms with Gasteiger partial charge >= 0.3 is 0 Å². The molecule has 0 amide bonds. The molecular weight excluding hydrogens is 322 g/mol. The van der Waals surface area contributed by atoms with Crippen molar-refractivity contribution in [2.24, 2.45) is 4.99 Å². The first kappa shape index (κ1) is 17.0. The third-order valence-electron chi connectivity index (χ3n) is 4.28. The van der Waals surface area contributed by atoms with Gasteiger partial charge in [0.1, 0.15) is 18.5 Å². The zero-order valence-corrected chi connectivity index (χ0v) is 14.8. The van der Waals surface area contributed by atoms with E-state index in [0.29, 0.717) is 17.4 Å². The first-order chi connectivity index (χ1) is 11.6. The van der Waals surface area contributed by atoms with Gasteiger partial charge in [0.25, 0.3) is 0 Å². The van der Waals surface area contributed by atoms with Crippen LogP contribution in [0.3, 0.4) is 0 Å². The molecule has 0 spiro atoms. The van der Waals surface area contributed by atoms with E-state index < -0.39 is 6.10 Å². The van der Waals surface area contributed by atoms with E-state index in [-0.39, 0.29) is 6.04 Å². The molecule has 1 aliphatic rings. The molecule has 0 radical (unpaired) electrons. The number of fused-ring (bicyclic) bond motifs is 1. The van der Waals surface area contributed by atoms with Crippen molar-refractivity contribution < 1.29 is 9.84 Å². The number of hydrogen-bond donors (Lipinski definition) is 1. The fourth-order valence-corrected chi connectivity index (χ4v) is 3.44. The summed E-state index contributed by atoms with van der Waals surface area (Å²) in [5.41, 5.74) is 3.93. The number of ether oxygens (including phenoxy) is 1. The highest BCUT2D eigenvalue weighted by Crippen LogP contribution is 2.40. The fourth-order valence-electron chi connectivity index (χ4n) is 3.12. The highest BCUT2D eigenvalue weighted by molar-refractivity contribution is 6.33. The quantitative estimate of drug-likeness (QED) is 0.814. The van der Waals surface area contributed by atoms with Gasteiger partial charge in [-0.25, -0.2) is 0 Å². The molecule has 2 unspecified atom stereocenters. The van der Waals surface area contributed by atoms with Gasteiger partial charge < -0.3 is 9.84 Å². The van der Waals surface area contributed by atoms with Crippen LogP contribution in [0.2, 0.25) is 5.02 Å². The van der Waals surface area contributed by atoms with Gasteiger partial charge in [0.15, 0.2) is 0 Å². The van der Waals surface area contributed by atoms with E-state index in [4.69, 9.17) is 16.3 Å². The maximum atomic E-state index is 10.6. The molecule has 1 N–H and O–H groups in total. The van der Waals surface area contributed by atoms with Crippen LogP contribution in [0.1, 0.15) is 43.1 Å². The molecule has 2 aromatic rings. The van der Waals surface area contributed by atoms with Crippen LogP contribution >= 0.6 is 11.6 Å². The summed E-state index contributed by atoms with van der Waals surface area (Å²) in [6, 6.07) is 13.7. The molecule has 3 nitrogen and oxygen atoms in total. The summed E-state index contributed by atoms with van der Waals surface area (Å²) >= 11 is 6.54. The minimum absolute atomic E-state index is 0.0883. The van der Waals surface area contributed by atoms with E-state index in [2.05, 4.69) is 4.99 Å². The first-order valence-electron chi connectivity index (χ1n) is 8.23. The second-order valence-electron chi connectivity index (χ2n) is 6.35. The summed E-state index contributed by atoms with van der Waals surface area (Å²) in [5, 5.41) is 11.2. The van der Waals surface area contributed by atoms with Crippen LogP contribution in [-0.4, -0.2) is 16.9 Å².